The number of fused-ring (bicyclic) bond motifs is 7. The molecule has 11 heteroatoms. The number of nitrogens with one attached hydrogen (secondary N) is 1. The molecule has 0 radical (unpaired) electrons. The van der Waals surface area contributed by atoms with Gasteiger partial charge in [0, 0.05) is 17.9 Å². The number of hydrogen-bond acceptors (Lipinski definition) is 9. The van der Waals surface area contributed by atoms with E-state index in [0.717, 1.165) is 43.3 Å². The smallest absolute Gasteiger partial charge is 0.408 e. The number of rotatable bonds is 3. The Morgan fingerprint density at radius 1 is 1.00 bits per heavy atom. The fraction of sp³-hybridized carbons (Fsp3) is 0.694. The third-order valence-electron chi connectivity index (χ3n) is 10.0. The van der Waals surface area contributed by atoms with Crippen molar-refractivity contribution in [2.45, 2.75) is 123 Å². The Kier molecular flexibility index (Phi) is 8.80. The molecule has 2 bridgehead atoms. The van der Waals surface area contributed by atoms with E-state index >= 15 is 0 Å². The summed E-state index contributed by atoms with van der Waals surface area (Å²) in [6, 6.07) is 3.79. The van der Waals surface area contributed by atoms with Crippen molar-refractivity contribution in [2.75, 3.05) is 13.7 Å². The fourth-order valence-corrected chi connectivity index (χ4v) is 7.33. The highest BCUT2D eigenvalue weighted by Crippen LogP contribution is 2.53. The lowest BCUT2D eigenvalue weighted by Crippen LogP contribution is -2.58. The molecular formula is C36H50N4O7. The van der Waals surface area contributed by atoms with Crippen LogP contribution in [0.3, 0.4) is 0 Å². The van der Waals surface area contributed by atoms with E-state index in [2.05, 4.69) is 5.32 Å². The molecule has 6 rings (SSSR count). The number of carbonyl (C=O) groups excluding carboxylic acids is 3. The second kappa shape index (κ2) is 12.4. The SMILES string of the molecule is CC[C@@H]1[C@@H]2CN(C(=O)[C@H](C(C)(C)C)NC(=O)O[C@@H]3C[C@H]3CCCC3CC3c3nc4ccc(OC)cc4nc3O2)[C@@H]1C(=O)OC(C)(C)C. The largest absolute Gasteiger partial charge is 0.497 e. The molecule has 1 saturated heterocycles. The molecule has 2 aliphatic heterocycles. The molecule has 11 nitrogen and oxygen atoms in total. The maximum atomic E-state index is 14.5. The molecular weight excluding hydrogens is 600 g/mol. The molecule has 1 aromatic heterocycles. The van der Waals surface area contributed by atoms with E-state index in [1.165, 1.54) is 0 Å². The van der Waals surface area contributed by atoms with Gasteiger partial charge in [0.05, 0.1) is 24.7 Å². The van der Waals surface area contributed by atoms with Crippen molar-refractivity contribution >= 4 is 29.0 Å². The molecule has 3 heterocycles. The number of carbonyl (C=O) groups is 3. The second-order valence-electron chi connectivity index (χ2n) is 15.9. The number of alkyl carbamates (subject to hydrolysis) is 1. The zero-order valence-electron chi connectivity index (χ0n) is 29.0. The molecule has 1 aromatic carbocycles. The number of amides is 2. The van der Waals surface area contributed by atoms with Gasteiger partial charge in [-0.2, -0.15) is 0 Å². The molecule has 256 valence electrons. The zero-order chi connectivity index (χ0) is 33.8. The van der Waals surface area contributed by atoms with E-state index in [1.54, 1.807) is 12.0 Å². The van der Waals surface area contributed by atoms with Crippen molar-refractivity contribution in [3.63, 3.8) is 0 Å². The van der Waals surface area contributed by atoms with Crippen LogP contribution in [0.5, 0.6) is 11.6 Å². The maximum Gasteiger partial charge on any atom is 0.408 e. The highest BCUT2D eigenvalue weighted by Gasteiger charge is 2.53. The second-order valence-corrected chi connectivity index (χ2v) is 15.9. The average Bonchev–Trinajstić information content (AvgIpc) is 3.89. The van der Waals surface area contributed by atoms with Crippen LogP contribution in [0.1, 0.15) is 98.6 Å². The van der Waals surface area contributed by atoms with Crippen molar-refractivity contribution in [1.82, 2.24) is 20.2 Å². The van der Waals surface area contributed by atoms with Crippen molar-refractivity contribution in [3.8, 4) is 11.6 Å². The van der Waals surface area contributed by atoms with E-state index in [1.807, 2.05) is 66.7 Å². The molecule has 47 heavy (non-hydrogen) atoms. The summed E-state index contributed by atoms with van der Waals surface area (Å²) in [6.07, 6.45) is 4.16. The average molecular weight is 651 g/mol. The van der Waals surface area contributed by atoms with Gasteiger partial charge in [-0.1, -0.05) is 34.1 Å². The Labute approximate surface area is 277 Å². The molecule has 2 unspecified atom stereocenters. The van der Waals surface area contributed by atoms with E-state index < -0.39 is 41.3 Å². The molecule has 2 aromatic rings. The van der Waals surface area contributed by atoms with Crippen LogP contribution in [-0.4, -0.2) is 76.4 Å². The minimum absolute atomic E-state index is 0.126. The topological polar surface area (TPSA) is 129 Å². The lowest BCUT2D eigenvalue weighted by Gasteiger charge is -2.36. The number of methoxy groups -OCH3 is 1. The number of ether oxygens (including phenoxy) is 4. The van der Waals surface area contributed by atoms with Gasteiger partial charge in [0.2, 0.25) is 11.8 Å². The quantitative estimate of drug-likeness (QED) is 0.411. The van der Waals surface area contributed by atoms with Gasteiger partial charge in [-0.15, -0.1) is 0 Å². The molecule has 2 saturated carbocycles. The predicted octanol–water partition coefficient (Wildman–Crippen LogP) is 5.78. The summed E-state index contributed by atoms with van der Waals surface area (Å²) < 4.78 is 24.0. The normalized spacial score (nSPS) is 31.2. The first-order valence-corrected chi connectivity index (χ1v) is 17.2. The number of aromatic nitrogens is 2. The predicted molar refractivity (Wildman–Crippen MR) is 175 cm³/mol. The van der Waals surface area contributed by atoms with Crippen molar-refractivity contribution in [3.05, 3.63) is 23.9 Å². The first-order valence-electron chi connectivity index (χ1n) is 17.2. The van der Waals surface area contributed by atoms with Crippen molar-refractivity contribution in [2.24, 2.45) is 23.2 Å². The summed E-state index contributed by atoms with van der Waals surface area (Å²) in [5, 5.41) is 2.87. The molecule has 3 fully saturated rings. The summed E-state index contributed by atoms with van der Waals surface area (Å²) in [5.74, 6) is 0.860. The van der Waals surface area contributed by atoms with Gasteiger partial charge < -0.3 is 29.2 Å². The Bertz CT molecular complexity index is 1530. The van der Waals surface area contributed by atoms with Crippen LogP contribution in [0.25, 0.3) is 11.0 Å². The van der Waals surface area contributed by atoms with Crippen molar-refractivity contribution < 1.29 is 33.3 Å². The zero-order valence-corrected chi connectivity index (χ0v) is 29.0. The molecule has 2 aliphatic carbocycles. The molecule has 4 aliphatic rings. The van der Waals surface area contributed by atoms with Gasteiger partial charge in [-0.25, -0.2) is 19.6 Å². The van der Waals surface area contributed by atoms with Crippen LogP contribution in [-0.2, 0) is 19.1 Å². The molecule has 8 atom stereocenters. The highest BCUT2D eigenvalue weighted by molar-refractivity contribution is 5.91. The van der Waals surface area contributed by atoms with E-state index in [4.69, 9.17) is 28.9 Å². The summed E-state index contributed by atoms with van der Waals surface area (Å²) in [7, 11) is 1.62. The standard InChI is InChI=1S/C36H50N4O7/c1-9-22-27-18-40(29(22)33(42)47-36(5,6)7)32(41)30(35(2,3)4)39-34(43)46-26-16-20(26)12-10-11-19-15-23(19)28-31(45-27)38-25-17-21(44-8)13-14-24(25)37-28/h13-14,17,19-20,22-23,26-27,29-30H,9-12,15-16,18H2,1-8H3,(H,39,43)/t19?,20-,22-,23?,26-,27+,29+,30-/m1/s1. The van der Waals surface area contributed by atoms with Crippen LogP contribution in [0.4, 0.5) is 4.79 Å². The Morgan fingerprint density at radius 2 is 1.74 bits per heavy atom. The van der Waals surface area contributed by atoms with Gasteiger partial charge >= 0.3 is 12.1 Å². The van der Waals surface area contributed by atoms with Crippen molar-refractivity contribution in [1.29, 1.82) is 0 Å². The summed E-state index contributed by atoms with van der Waals surface area (Å²) >= 11 is 0. The molecule has 1 N–H and O–H groups in total. The number of nitrogens with zero attached hydrogens (tertiary/aromatic N) is 3. The summed E-state index contributed by atoms with van der Waals surface area (Å²) in [4.78, 5) is 53.2. The Hall–Kier alpha value is -3.63. The molecule has 2 amide bonds. The minimum Gasteiger partial charge on any atom is -0.497 e. The minimum atomic E-state index is -0.942. The monoisotopic (exact) mass is 650 g/mol. The third kappa shape index (κ3) is 7.14. The first kappa shape index (κ1) is 33.3. The Balaban J connectivity index is 1.42. The number of benzene rings is 1. The van der Waals surface area contributed by atoms with Gasteiger partial charge in [-0.3, -0.25) is 4.79 Å². The highest BCUT2D eigenvalue weighted by atomic mass is 16.6. The maximum absolute atomic E-state index is 14.5. The lowest BCUT2D eigenvalue weighted by atomic mass is 9.85. The Morgan fingerprint density at radius 3 is 2.43 bits per heavy atom. The summed E-state index contributed by atoms with van der Waals surface area (Å²) in [6.45, 7) is 13.2. The number of esters is 1. The lowest BCUT2D eigenvalue weighted by molar-refractivity contribution is -0.165. The third-order valence-corrected chi connectivity index (χ3v) is 10.0. The molecule has 0 spiro atoms. The van der Waals surface area contributed by atoms with Gasteiger partial charge in [0.15, 0.2) is 0 Å². The van der Waals surface area contributed by atoms with E-state index in [9.17, 15) is 14.4 Å². The summed E-state index contributed by atoms with van der Waals surface area (Å²) in [5.41, 5.74) is 0.814. The van der Waals surface area contributed by atoms with Gasteiger partial charge in [0.1, 0.15) is 41.3 Å². The van der Waals surface area contributed by atoms with Crippen LogP contribution in [0.2, 0.25) is 0 Å². The van der Waals surface area contributed by atoms with Gasteiger partial charge in [-0.05, 0) is 82.3 Å². The number of hydrogen-bond donors (Lipinski definition) is 1. The first-order chi connectivity index (χ1) is 22.2. The van der Waals surface area contributed by atoms with Crippen LogP contribution < -0.4 is 14.8 Å². The van der Waals surface area contributed by atoms with Crippen LogP contribution in [0, 0.1) is 23.2 Å². The van der Waals surface area contributed by atoms with Gasteiger partial charge in [0.25, 0.3) is 0 Å². The van der Waals surface area contributed by atoms with E-state index in [-0.39, 0.29) is 30.4 Å². The van der Waals surface area contributed by atoms with Crippen LogP contribution in [0.15, 0.2) is 18.2 Å². The fourth-order valence-electron chi connectivity index (χ4n) is 7.33. The van der Waals surface area contributed by atoms with Crippen LogP contribution >= 0.6 is 0 Å². The van der Waals surface area contributed by atoms with E-state index in [0.29, 0.717) is 35.4 Å².